The lowest BCUT2D eigenvalue weighted by molar-refractivity contribution is -0.163. The highest BCUT2D eigenvalue weighted by molar-refractivity contribution is 5.66. The molecule has 0 spiro atoms. The third-order valence-corrected chi connectivity index (χ3v) is 6.50. The molecule has 2 aliphatic rings. The van der Waals surface area contributed by atoms with E-state index in [-0.39, 0.29) is 29.8 Å². The first-order valence-corrected chi connectivity index (χ1v) is 9.83. The molecule has 0 bridgehead atoms. The number of aliphatic hydroxyl groups is 1. The van der Waals surface area contributed by atoms with Gasteiger partial charge >= 0.3 is 5.97 Å². The van der Waals surface area contributed by atoms with Gasteiger partial charge in [0.2, 0.25) is 0 Å². The number of hydrogen-bond donors (Lipinski definition) is 1. The van der Waals surface area contributed by atoms with Crippen molar-refractivity contribution in [2.75, 3.05) is 0 Å². The molecule has 1 N–H and O–H groups in total. The van der Waals surface area contributed by atoms with Crippen molar-refractivity contribution < 1.29 is 14.6 Å². The van der Waals surface area contributed by atoms with E-state index < -0.39 is 5.60 Å². The molecule has 0 saturated heterocycles. The summed E-state index contributed by atoms with van der Waals surface area (Å²) in [4.78, 5) is 11.7. The maximum absolute atomic E-state index is 11.7. The molecule has 1 unspecified atom stereocenters. The molecular formula is C22H36O3. The number of carbonyl (C=O) groups excluding carboxylic acids is 1. The predicted octanol–water partition coefficient (Wildman–Crippen LogP) is 5.04. The van der Waals surface area contributed by atoms with Crippen LogP contribution in [0.1, 0.15) is 73.6 Å². The minimum atomic E-state index is -0.472. The molecule has 25 heavy (non-hydrogen) atoms. The SMILES string of the molecule is CC(=O)O[C@@]1(C)CC[C@@H](C(C)CCC=C(C)C)[C@@H](O)[C@@H]2C(C)=CC[C@H]21. The Labute approximate surface area is 153 Å². The highest BCUT2D eigenvalue weighted by atomic mass is 16.6. The molecule has 6 atom stereocenters. The number of fused-ring (bicyclic) bond motifs is 1. The molecule has 1 fully saturated rings. The topological polar surface area (TPSA) is 46.5 Å². The molecule has 0 aromatic heterocycles. The molecule has 2 rings (SSSR count). The van der Waals surface area contributed by atoms with Crippen LogP contribution in [0.2, 0.25) is 0 Å². The van der Waals surface area contributed by atoms with Crippen molar-refractivity contribution >= 4 is 5.97 Å². The number of esters is 1. The van der Waals surface area contributed by atoms with Crippen molar-refractivity contribution in [3.63, 3.8) is 0 Å². The maximum atomic E-state index is 11.7. The van der Waals surface area contributed by atoms with Gasteiger partial charge in [0.15, 0.2) is 0 Å². The van der Waals surface area contributed by atoms with Gasteiger partial charge in [0.1, 0.15) is 5.60 Å². The number of hydrogen-bond acceptors (Lipinski definition) is 3. The van der Waals surface area contributed by atoms with Crippen molar-refractivity contribution in [1.82, 2.24) is 0 Å². The summed E-state index contributed by atoms with van der Waals surface area (Å²) >= 11 is 0. The zero-order chi connectivity index (χ0) is 18.8. The first kappa shape index (κ1) is 20.2. The molecule has 142 valence electrons. The van der Waals surface area contributed by atoms with Gasteiger partial charge in [-0.15, -0.1) is 0 Å². The largest absolute Gasteiger partial charge is 0.459 e. The standard InChI is InChI=1S/C22H36O3/c1-14(2)8-7-9-15(3)18-12-13-22(6,25-17(5)23)19-11-10-16(4)20(19)21(18)24/h8,10,15,18-21,24H,7,9,11-13H2,1-6H3/t15?,18-,19+,20+,21+,22-/m0/s1. The average molecular weight is 349 g/mol. The number of ether oxygens (including phenoxy) is 1. The summed E-state index contributed by atoms with van der Waals surface area (Å²) in [6.45, 7) is 12.2. The van der Waals surface area contributed by atoms with E-state index in [1.54, 1.807) is 0 Å². The fraction of sp³-hybridized carbons (Fsp3) is 0.773. The van der Waals surface area contributed by atoms with Gasteiger partial charge < -0.3 is 9.84 Å². The van der Waals surface area contributed by atoms with Gasteiger partial charge in [-0.3, -0.25) is 4.79 Å². The molecule has 1 saturated carbocycles. The Hall–Kier alpha value is -1.09. The molecule has 0 radical (unpaired) electrons. The van der Waals surface area contributed by atoms with Crippen LogP contribution >= 0.6 is 0 Å². The lowest BCUT2D eigenvalue weighted by Crippen LogP contribution is -2.43. The third kappa shape index (κ3) is 4.55. The minimum Gasteiger partial charge on any atom is -0.459 e. The lowest BCUT2D eigenvalue weighted by atomic mass is 9.74. The molecule has 3 nitrogen and oxygen atoms in total. The monoisotopic (exact) mass is 348 g/mol. The van der Waals surface area contributed by atoms with Crippen molar-refractivity contribution in [3.05, 3.63) is 23.3 Å². The molecule has 2 aliphatic carbocycles. The summed E-state index contributed by atoms with van der Waals surface area (Å²) in [5.41, 5.74) is 2.14. The molecule has 0 amide bonds. The van der Waals surface area contributed by atoms with Crippen LogP contribution in [0.15, 0.2) is 23.3 Å². The lowest BCUT2D eigenvalue weighted by Gasteiger charge is -2.38. The summed E-state index contributed by atoms with van der Waals surface area (Å²) in [5.74, 6) is 0.815. The number of allylic oxidation sites excluding steroid dienone is 3. The van der Waals surface area contributed by atoms with E-state index in [9.17, 15) is 9.90 Å². The van der Waals surface area contributed by atoms with Crippen LogP contribution in [-0.4, -0.2) is 22.8 Å². The number of aliphatic hydroxyl groups excluding tert-OH is 1. The Kier molecular flexibility index (Phi) is 6.53. The van der Waals surface area contributed by atoms with Gasteiger partial charge in [-0.2, -0.15) is 0 Å². The van der Waals surface area contributed by atoms with Crippen LogP contribution in [0.3, 0.4) is 0 Å². The van der Waals surface area contributed by atoms with Gasteiger partial charge in [-0.05, 0) is 71.6 Å². The van der Waals surface area contributed by atoms with Crippen LogP contribution < -0.4 is 0 Å². The van der Waals surface area contributed by atoms with Crippen LogP contribution in [0.25, 0.3) is 0 Å². The van der Waals surface area contributed by atoms with Crippen LogP contribution in [0.4, 0.5) is 0 Å². The predicted molar refractivity (Wildman–Crippen MR) is 102 cm³/mol. The Morgan fingerprint density at radius 1 is 1.44 bits per heavy atom. The Morgan fingerprint density at radius 2 is 2.12 bits per heavy atom. The normalized spacial score (nSPS) is 36.0. The number of carbonyl (C=O) groups is 1. The summed E-state index contributed by atoms with van der Waals surface area (Å²) in [7, 11) is 0. The summed E-state index contributed by atoms with van der Waals surface area (Å²) < 4.78 is 5.82. The van der Waals surface area contributed by atoms with Gasteiger partial charge in [-0.1, -0.05) is 30.2 Å². The van der Waals surface area contributed by atoms with Crippen LogP contribution in [0.5, 0.6) is 0 Å². The van der Waals surface area contributed by atoms with Gasteiger partial charge in [0.25, 0.3) is 0 Å². The Bertz CT molecular complexity index is 543. The fourth-order valence-corrected chi connectivity index (χ4v) is 5.05. The van der Waals surface area contributed by atoms with Gasteiger partial charge in [-0.25, -0.2) is 0 Å². The zero-order valence-corrected chi connectivity index (χ0v) is 16.8. The highest BCUT2D eigenvalue weighted by Crippen LogP contribution is 2.50. The van der Waals surface area contributed by atoms with E-state index in [1.807, 2.05) is 0 Å². The second kappa shape index (κ2) is 8.07. The highest BCUT2D eigenvalue weighted by Gasteiger charge is 2.51. The third-order valence-electron chi connectivity index (χ3n) is 6.50. The average Bonchev–Trinajstić information content (AvgIpc) is 2.83. The van der Waals surface area contributed by atoms with Crippen molar-refractivity contribution in [2.24, 2.45) is 23.7 Å². The van der Waals surface area contributed by atoms with Crippen molar-refractivity contribution in [2.45, 2.75) is 85.4 Å². The first-order chi connectivity index (χ1) is 11.7. The maximum Gasteiger partial charge on any atom is 0.303 e. The molecule has 0 heterocycles. The van der Waals surface area contributed by atoms with E-state index in [1.165, 1.54) is 18.1 Å². The van der Waals surface area contributed by atoms with Crippen molar-refractivity contribution in [1.29, 1.82) is 0 Å². The smallest absolute Gasteiger partial charge is 0.303 e. The molecule has 0 aliphatic heterocycles. The summed E-state index contributed by atoms with van der Waals surface area (Å²) in [6, 6.07) is 0. The van der Waals surface area contributed by atoms with E-state index in [2.05, 4.69) is 46.8 Å². The van der Waals surface area contributed by atoms with E-state index in [0.717, 1.165) is 32.1 Å². The van der Waals surface area contributed by atoms with Crippen LogP contribution in [-0.2, 0) is 9.53 Å². The van der Waals surface area contributed by atoms with Crippen molar-refractivity contribution in [3.8, 4) is 0 Å². The second-order valence-electron chi connectivity index (χ2n) is 8.75. The molecule has 0 aromatic carbocycles. The summed E-state index contributed by atoms with van der Waals surface area (Å²) in [5, 5.41) is 11.2. The van der Waals surface area contributed by atoms with Gasteiger partial charge in [0.05, 0.1) is 6.10 Å². The van der Waals surface area contributed by atoms with Gasteiger partial charge in [0, 0.05) is 18.8 Å². The molecular weight excluding hydrogens is 312 g/mol. The molecule has 0 aromatic rings. The molecule has 3 heteroatoms. The quantitative estimate of drug-likeness (QED) is 0.559. The van der Waals surface area contributed by atoms with E-state index in [4.69, 9.17) is 4.74 Å². The number of rotatable bonds is 5. The summed E-state index contributed by atoms with van der Waals surface area (Å²) in [6.07, 6.45) is 8.99. The minimum absolute atomic E-state index is 0.114. The first-order valence-electron chi connectivity index (χ1n) is 9.83. The Balaban J connectivity index is 2.20. The van der Waals surface area contributed by atoms with E-state index >= 15 is 0 Å². The Morgan fingerprint density at radius 3 is 2.72 bits per heavy atom. The van der Waals surface area contributed by atoms with Crippen LogP contribution in [0, 0.1) is 23.7 Å². The zero-order valence-electron chi connectivity index (χ0n) is 16.8. The van der Waals surface area contributed by atoms with E-state index in [0.29, 0.717) is 5.92 Å². The fourth-order valence-electron chi connectivity index (χ4n) is 5.05. The second-order valence-corrected chi connectivity index (χ2v) is 8.75.